The highest BCUT2D eigenvalue weighted by Crippen LogP contribution is 2.18. The molecule has 0 spiro atoms. The number of rotatable bonds is 6. The van der Waals surface area contributed by atoms with Crippen molar-refractivity contribution >= 4 is 18.2 Å². The van der Waals surface area contributed by atoms with E-state index < -0.39 is 18.2 Å². The molecule has 0 radical (unpaired) electrons. The minimum absolute atomic E-state index is 0.262. The topological polar surface area (TPSA) is 43.4 Å². The molecule has 1 rings (SSSR count). The van der Waals surface area contributed by atoms with Gasteiger partial charge in [0.05, 0.1) is 11.5 Å². The maximum atomic E-state index is 12.1. The van der Waals surface area contributed by atoms with E-state index in [0.717, 1.165) is 23.6 Å². The van der Waals surface area contributed by atoms with Crippen LogP contribution in [0.1, 0.15) is 17.5 Å². The summed E-state index contributed by atoms with van der Waals surface area (Å²) in [5, 5.41) is 0. The van der Waals surface area contributed by atoms with Gasteiger partial charge in [0.2, 0.25) is 0 Å². The maximum Gasteiger partial charge on any atom is 0.296 e. The van der Waals surface area contributed by atoms with Crippen LogP contribution in [0.5, 0.6) is 0 Å². The van der Waals surface area contributed by atoms with Crippen LogP contribution in [-0.2, 0) is 14.3 Å². The number of aryl methyl sites for hydroxylation is 2. The standard InChI is InChI=1S/C14H24O3SSi/c1-12-9-13(2)11-14(10-12)18(15,16)17-7-6-8-19(3,4)5/h9-11H,6-8H2,1-5H3. The molecule has 0 aliphatic carbocycles. The highest BCUT2D eigenvalue weighted by molar-refractivity contribution is 7.86. The second-order valence-corrected chi connectivity index (χ2v) is 13.5. The van der Waals surface area contributed by atoms with Gasteiger partial charge in [0.25, 0.3) is 10.1 Å². The van der Waals surface area contributed by atoms with Crippen molar-refractivity contribution in [2.75, 3.05) is 6.61 Å². The average Bonchev–Trinajstić information content (AvgIpc) is 2.22. The van der Waals surface area contributed by atoms with E-state index in [1.54, 1.807) is 12.1 Å². The van der Waals surface area contributed by atoms with Crippen molar-refractivity contribution < 1.29 is 12.6 Å². The molecule has 19 heavy (non-hydrogen) atoms. The minimum Gasteiger partial charge on any atom is -0.266 e. The Labute approximate surface area is 118 Å². The fraction of sp³-hybridized carbons (Fsp3) is 0.571. The Hall–Kier alpha value is -0.653. The predicted molar refractivity (Wildman–Crippen MR) is 81.8 cm³/mol. The summed E-state index contributed by atoms with van der Waals surface area (Å²) in [6.45, 7) is 10.9. The molecule has 5 heteroatoms. The van der Waals surface area contributed by atoms with Crippen LogP contribution in [0.3, 0.4) is 0 Å². The SMILES string of the molecule is Cc1cc(C)cc(S(=O)(=O)OCCC[Si](C)(C)C)c1. The molecular formula is C14H24O3SSi. The van der Waals surface area contributed by atoms with Gasteiger partial charge < -0.3 is 0 Å². The molecule has 0 heterocycles. The van der Waals surface area contributed by atoms with E-state index in [9.17, 15) is 8.42 Å². The zero-order valence-electron chi connectivity index (χ0n) is 12.5. The molecule has 0 saturated heterocycles. The van der Waals surface area contributed by atoms with Crippen LogP contribution in [0.2, 0.25) is 25.7 Å². The van der Waals surface area contributed by atoms with Gasteiger partial charge in [-0.25, -0.2) is 0 Å². The first-order valence-electron chi connectivity index (χ1n) is 6.58. The van der Waals surface area contributed by atoms with Gasteiger partial charge in [-0.05, 0) is 43.5 Å². The zero-order valence-corrected chi connectivity index (χ0v) is 14.3. The molecule has 108 valence electrons. The number of benzene rings is 1. The zero-order chi connectivity index (χ0) is 14.7. The van der Waals surface area contributed by atoms with Crippen LogP contribution in [0.25, 0.3) is 0 Å². The molecule has 0 aliphatic rings. The van der Waals surface area contributed by atoms with Crippen molar-refractivity contribution in [3.05, 3.63) is 29.3 Å². The van der Waals surface area contributed by atoms with Gasteiger partial charge in [0.15, 0.2) is 0 Å². The van der Waals surface area contributed by atoms with E-state index in [1.165, 1.54) is 0 Å². The molecule has 0 bridgehead atoms. The molecule has 0 fully saturated rings. The molecule has 3 nitrogen and oxygen atoms in total. The van der Waals surface area contributed by atoms with Gasteiger partial charge in [-0.2, -0.15) is 8.42 Å². The third-order valence-electron chi connectivity index (χ3n) is 2.79. The smallest absolute Gasteiger partial charge is 0.266 e. The molecule has 0 atom stereocenters. The quantitative estimate of drug-likeness (QED) is 0.457. The van der Waals surface area contributed by atoms with Crippen molar-refractivity contribution in [2.45, 2.75) is 50.8 Å². The largest absolute Gasteiger partial charge is 0.296 e. The van der Waals surface area contributed by atoms with Crippen LogP contribution < -0.4 is 0 Å². The molecule has 0 aromatic heterocycles. The van der Waals surface area contributed by atoms with Gasteiger partial charge >= 0.3 is 0 Å². The van der Waals surface area contributed by atoms with Crippen LogP contribution in [-0.4, -0.2) is 23.1 Å². The molecule has 1 aromatic rings. The van der Waals surface area contributed by atoms with Crippen molar-refractivity contribution in [2.24, 2.45) is 0 Å². The molecule has 0 saturated carbocycles. The van der Waals surface area contributed by atoms with Crippen molar-refractivity contribution in [3.8, 4) is 0 Å². The van der Waals surface area contributed by atoms with E-state index in [2.05, 4.69) is 19.6 Å². The Morgan fingerprint density at radius 3 is 2.05 bits per heavy atom. The lowest BCUT2D eigenvalue weighted by molar-refractivity contribution is 0.317. The third kappa shape index (κ3) is 5.89. The van der Waals surface area contributed by atoms with Crippen LogP contribution >= 0.6 is 0 Å². The maximum absolute atomic E-state index is 12.1. The van der Waals surface area contributed by atoms with E-state index >= 15 is 0 Å². The van der Waals surface area contributed by atoms with E-state index in [0.29, 0.717) is 0 Å². The number of hydrogen-bond donors (Lipinski definition) is 0. The monoisotopic (exact) mass is 300 g/mol. The molecule has 0 amide bonds. The Kier molecular flexibility index (Phi) is 5.35. The van der Waals surface area contributed by atoms with Gasteiger partial charge in [0.1, 0.15) is 0 Å². The second kappa shape index (κ2) is 6.20. The Morgan fingerprint density at radius 2 is 1.58 bits per heavy atom. The van der Waals surface area contributed by atoms with Crippen LogP contribution in [0, 0.1) is 13.8 Å². The summed E-state index contributed by atoms with van der Waals surface area (Å²) >= 11 is 0. The van der Waals surface area contributed by atoms with Crippen molar-refractivity contribution in [3.63, 3.8) is 0 Å². The van der Waals surface area contributed by atoms with Crippen molar-refractivity contribution in [1.29, 1.82) is 0 Å². The second-order valence-electron chi connectivity index (χ2n) is 6.26. The lowest BCUT2D eigenvalue weighted by Crippen LogP contribution is -2.20. The Balaban J connectivity index is 2.66. The fourth-order valence-electron chi connectivity index (χ4n) is 1.92. The highest BCUT2D eigenvalue weighted by Gasteiger charge is 2.17. The summed E-state index contributed by atoms with van der Waals surface area (Å²) in [4.78, 5) is 0.262. The van der Waals surface area contributed by atoms with Gasteiger partial charge in [0, 0.05) is 8.07 Å². The molecular weight excluding hydrogens is 276 g/mol. The first-order chi connectivity index (χ1) is 8.60. The van der Waals surface area contributed by atoms with Crippen molar-refractivity contribution in [1.82, 2.24) is 0 Å². The predicted octanol–water partition coefficient (Wildman–Crippen LogP) is 3.74. The van der Waals surface area contributed by atoms with E-state index in [4.69, 9.17) is 4.18 Å². The summed E-state index contributed by atoms with van der Waals surface area (Å²) in [6.07, 6.45) is 0.805. The normalized spacial score (nSPS) is 12.7. The number of hydrogen-bond acceptors (Lipinski definition) is 3. The third-order valence-corrected chi connectivity index (χ3v) is 5.94. The van der Waals surface area contributed by atoms with Gasteiger partial charge in [-0.15, -0.1) is 0 Å². The lowest BCUT2D eigenvalue weighted by atomic mass is 10.2. The van der Waals surface area contributed by atoms with Crippen LogP contribution in [0.15, 0.2) is 23.1 Å². The summed E-state index contributed by atoms with van der Waals surface area (Å²) in [6, 6.07) is 6.33. The lowest BCUT2D eigenvalue weighted by Gasteiger charge is -2.15. The first-order valence-corrected chi connectivity index (χ1v) is 11.7. The van der Waals surface area contributed by atoms with E-state index in [-0.39, 0.29) is 11.5 Å². The van der Waals surface area contributed by atoms with Gasteiger partial charge in [-0.3, -0.25) is 4.18 Å². The molecule has 0 unspecified atom stereocenters. The molecule has 0 N–H and O–H groups in total. The molecule has 0 aliphatic heterocycles. The highest BCUT2D eigenvalue weighted by atomic mass is 32.2. The Bertz CT molecular complexity index is 510. The average molecular weight is 300 g/mol. The van der Waals surface area contributed by atoms with Crippen LogP contribution in [0.4, 0.5) is 0 Å². The summed E-state index contributed by atoms with van der Waals surface area (Å²) in [5.41, 5.74) is 1.87. The Morgan fingerprint density at radius 1 is 1.05 bits per heavy atom. The summed E-state index contributed by atoms with van der Waals surface area (Å²) in [5.74, 6) is 0. The fourth-order valence-corrected chi connectivity index (χ4v) is 4.26. The molecule has 1 aromatic carbocycles. The first kappa shape index (κ1) is 16.4. The minimum atomic E-state index is -3.61. The summed E-state index contributed by atoms with van der Waals surface area (Å²) in [7, 11) is -4.73. The summed E-state index contributed by atoms with van der Waals surface area (Å²) < 4.78 is 29.2. The van der Waals surface area contributed by atoms with Gasteiger partial charge in [-0.1, -0.05) is 31.8 Å². The van der Waals surface area contributed by atoms with E-state index in [1.807, 2.05) is 19.9 Å².